The molecule has 0 radical (unpaired) electrons. The van der Waals surface area contributed by atoms with Crippen LogP contribution in [0, 0.1) is 11.3 Å². The van der Waals surface area contributed by atoms with Gasteiger partial charge in [0.2, 0.25) is 12.2 Å². The Labute approximate surface area is 239 Å². The minimum atomic E-state index is -4.64. The van der Waals surface area contributed by atoms with E-state index >= 15 is 0 Å². The van der Waals surface area contributed by atoms with Crippen LogP contribution in [0.3, 0.4) is 0 Å². The van der Waals surface area contributed by atoms with E-state index in [1.807, 2.05) is 36.7 Å². The minimum absolute atomic E-state index is 0.0869. The molecule has 14 heteroatoms. The van der Waals surface area contributed by atoms with Gasteiger partial charge in [0.25, 0.3) is 0 Å². The summed E-state index contributed by atoms with van der Waals surface area (Å²) in [5, 5.41) is 23.0. The van der Waals surface area contributed by atoms with Crippen LogP contribution in [0.2, 0.25) is 0 Å². The summed E-state index contributed by atoms with van der Waals surface area (Å²) in [6.07, 6.45) is 1.23. The summed E-state index contributed by atoms with van der Waals surface area (Å²) in [5.41, 5.74) is 4.01. The lowest BCUT2D eigenvalue weighted by molar-refractivity contribution is -0.156. The number of nitriles is 1. The first kappa shape index (κ1) is 30.2. The van der Waals surface area contributed by atoms with Gasteiger partial charge in [0.15, 0.2) is 0 Å². The fraction of sp³-hybridized carbons (Fsp3) is 0.321. The number of carbonyl (C=O) groups is 1. The molecule has 0 spiro atoms. The summed E-state index contributed by atoms with van der Waals surface area (Å²) in [7, 11) is 1.62. The first-order chi connectivity index (χ1) is 20.2. The standard InChI is InChI=1S/C26H27N7O3.C2HF3O/c1-35-25-5-2-19(14-29-25)17-31-6-8-32(9-7-31)24-4-3-20(15-28-24)23-12-22(36-11-10-34)18-33-26(23)21(13-27)16-30-33;3-2(4,5)1-6/h2-5,12,14-16,18,34H,6-11,17H2,1H3;1H. The molecule has 0 aliphatic carbocycles. The second kappa shape index (κ2) is 13.7. The molecule has 0 bridgehead atoms. The molecule has 1 N–H and O–H groups in total. The quantitative estimate of drug-likeness (QED) is 0.309. The van der Waals surface area contributed by atoms with Crippen molar-refractivity contribution < 1.29 is 32.5 Å². The fourth-order valence-electron chi connectivity index (χ4n) is 4.39. The number of nitrogens with zero attached hydrogens (tertiary/aromatic N) is 7. The molecule has 1 aliphatic rings. The zero-order chi connectivity index (χ0) is 30.1. The SMILES string of the molecule is COc1ccc(CN2CCN(c3ccc(-c4cc(OCCO)cn5ncc(C#N)c45)cn3)CC2)cn1.O=CC(F)(F)F. The van der Waals surface area contributed by atoms with E-state index in [0.29, 0.717) is 22.7 Å². The molecule has 5 rings (SSSR count). The Morgan fingerprint density at radius 1 is 1.10 bits per heavy atom. The number of piperazine rings is 1. The molecular weight excluding hydrogens is 555 g/mol. The lowest BCUT2D eigenvalue weighted by Crippen LogP contribution is -2.46. The number of aromatic nitrogens is 4. The van der Waals surface area contributed by atoms with Crippen molar-refractivity contribution in [3.8, 4) is 28.8 Å². The Morgan fingerprint density at radius 2 is 1.86 bits per heavy atom. The Morgan fingerprint density at radius 3 is 2.43 bits per heavy atom. The van der Waals surface area contributed by atoms with Crippen molar-refractivity contribution in [1.29, 1.82) is 5.26 Å². The number of anilines is 1. The van der Waals surface area contributed by atoms with Gasteiger partial charge in [0, 0.05) is 62.3 Å². The number of ether oxygens (including phenoxy) is 2. The van der Waals surface area contributed by atoms with Gasteiger partial charge >= 0.3 is 6.18 Å². The van der Waals surface area contributed by atoms with E-state index in [-0.39, 0.29) is 13.2 Å². The summed E-state index contributed by atoms with van der Waals surface area (Å²) in [6, 6.07) is 12.0. The first-order valence-corrected chi connectivity index (χ1v) is 12.9. The predicted octanol–water partition coefficient (Wildman–Crippen LogP) is 3.11. The Balaban J connectivity index is 0.000000612. The van der Waals surface area contributed by atoms with E-state index in [4.69, 9.17) is 24.4 Å². The van der Waals surface area contributed by atoms with Crippen molar-refractivity contribution >= 4 is 17.6 Å². The van der Waals surface area contributed by atoms with Crippen LogP contribution in [0.25, 0.3) is 16.6 Å². The number of hydrogen-bond donors (Lipinski definition) is 1. The van der Waals surface area contributed by atoms with Crippen LogP contribution in [0.5, 0.6) is 11.6 Å². The van der Waals surface area contributed by atoms with Gasteiger partial charge in [-0.15, -0.1) is 0 Å². The van der Waals surface area contributed by atoms with E-state index < -0.39 is 12.5 Å². The molecule has 1 saturated heterocycles. The molecule has 0 saturated carbocycles. The van der Waals surface area contributed by atoms with Gasteiger partial charge in [-0.25, -0.2) is 14.5 Å². The Bertz CT molecular complexity index is 1510. The summed E-state index contributed by atoms with van der Waals surface area (Å²) < 4.78 is 43.6. The number of fused-ring (bicyclic) bond motifs is 1. The number of hydrogen-bond acceptors (Lipinski definition) is 10. The van der Waals surface area contributed by atoms with Gasteiger partial charge in [0.1, 0.15) is 24.2 Å². The molecule has 4 aromatic rings. The number of aldehydes is 1. The molecule has 5 heterocycles. The smallest absolute Gasteiger partial charge is 0.446 e. The Hall–Kier alpha value is -4.74. The van der Waals surface area contributed by atoms with Gasteiger partial charge < -0.3 is 19.5 Å². The van der Waals surface area contributed by atoms with Crippen molar-refractivity contribution in [2.45, 2.75) is 12.7 Å². The van der Waals surface area contributed by atoms with Gasteiger partial charge in [-0.2, -0.15) is 23.5 Å². The average Bonchev–Trinajstić information content (AvgIpc) is 3.43. The fourth-order valence-corrected chi connectivity index (χ4v) is 4.39. The second-order valence-corrected chi connectivity index (χ2v) is 9.16. The van der Waals surface area contributed by atoms with Crippen LogP contribution in [0.15, 0.2) is 55.1 Å². The van der Waals surface area contributed by atoms with Crippen LogP contribution in [0.4, 0.5) is 19.0 Å². The summed E-state index contributed by atoms with van der Waals surface area (Å²) in [4.78, 5) is 22.4. The number of halogens is 3. The third-order valence-corrected chi connectivity index (χ3v) is 6.37. The van der Waals surface area contributed by atoms with Crippen molar-refractivity contribution in [3.63, 3.8) is 0 Å². The molecular formula is C28H28F3N7O4. The third kappa shape index (κ3) is 7.71. The van der Waals surface area contributed by atoms with Gasteiger partial charge in [0.05, 0.1) is 37.2 Å². The Kier molecular flexibility index (Phi) is 9.89. The number of rotatable bonds is 8. The second-order valence-electron chi connectivity index (χ2n) is 9.16. The molecule has 42 heavy (non-hydrogen) atoms. The normalized spacial score (nSPS) is 13.7. The molecule has 1 aliphatic heterocycles. The molecule has 220 valence electrons. The molecule has 0 atom stereocenters. The van der Waals surface area contributed by atoms with Crippen molar-refractivity contribution in [1.82, 2.24) is 24.5 Å². The highest BCUT2D eigenvalue weighted by Crippen LogP contribution is 2.31. The minimum Gasteiger partial charge on any atom is -0.490 e. The predicted molar refractivity (Wildman–Crippen MR) is 146 cm³/mol. The van der Waals surface area contributed by atoms with E-state index in [2.05, 4.69) is 32.0 Å². The van der Waals surface area contributed by atoms with Crippen molar-refractivity contribution in [2.24, 2.45) is 0 Å². The highest BCUT2D eigenvalue weighted by Gasteiger charge is 2.25. The number of methoxy groups -OCH3 is 1. The van der Waals surface area contributed by atoms with E-state index in [0.717, 1.165) is 49.7 Å². The van der Waals surface area contributed by atoms with Crippen LogP contribution in [-0.2, 0) is 11.3 Å². The van der Waals surface area contributed by atoms with Gasteiger partial charge in [-0.1, -0.05) is 6.07 Å². The number of aliphatic hydroxyl groups is 1. The zero-order valence-electron chi connectivity index (χ0n) is 22.7. The molecule has 4 aromatic heterocycles. The maximum atomic E-state index is 10.4. The maximum absolute atomic E-state index is 10.4. The highest BCUT2D eigenvalue weighted by atomic mass is 19.4. The summed E-state index contributed by atoms with van der Waals surface area (Å²) >= 11 is 0. The topological polar surface area (TPSA) is 129 Å². The number of aliphatic hydroxyl groups excluding tert-OH is 1. The number of alkyl halides is 3. The van der Waals surface area contributed by atoms with Crippen molar-refractivity contribution in [2.75, 3.05) is 51.4 Å². The molecule has 0 aromatic carbocycles. The molecule has 1 fully saturated rings. The number of pyridine rings is 3. The summed E-state index contributed by atoms with van der Waals surface area (Å²) in [6.45, 7) is 4.57. The average molecular weight is 584 g/mol. The largest absolute Gasteiger partial charge is 0.490 e. The molecule has 0 amide bonds. The first-order valence-electron chi connectivity index (χ1n) is 12.9. The van der Waals surface area contributed by atoms with Crippen LogP contribution in [0.1, 0.15) is 11.1 Å². The maximum Gasteiger partial charge on any atom is 0.446 e. The van der Waals surface area contributed by atoms with E-state index in [1.54, 1.807) is 17.8 Å². The monoisotopic (exact) mass is 583 g/mol. The van der Waals surface area contributed by atoms with Gasteiger partial charge in [-0.3, -0.25) is 9.69 Å². The molecule has 11 nitrogen and oxygen atoms in total. The van der Waals surface area contributed by atoms with Crippen molar-refractivity contribution in [3.05, 3.63) is 66.2 Å². The van der Waals surface area contributed by atoms with Crippen LogP contribution >= 0.6 is 0 Å². The van der Waals surface area contributed by atoms with Crippen LogP contribution in [-0.4, -0.2) is 88.6 Å². The van der Waals surface area contributed by atoms with E-state index in [9.17, 15) is 18.4 Å². The van der Waals surface area contributed by atoms with Crippen LogP contribution < -0.4 is 14.4 Å². The highest BCUT2D eigenvalue weighted by molar-refractivity contribution is 5.85. The zero-order valence-corrected chi connectivity index (χ0v) is 22.7. The van der Waals surface area contributed by atoms with E-state index in [1.165, 1.54) is 11.8 Å². The van der Waals surface area contributed by atoms with Gasteiger partial charge in [-0.05, 0) is 23.8 Å². The number of carbonyl (C=O) groups excluding carboxylic acids is 1. The molecule has 0 unspecified atom stereocenters. The lowest BCUT2D eigenvalue weighted by atomic mass is 10.1. The summed E-state index contributed by atoms with van der Waals surface area (Å²) in [5.74, 6) is 2.11. The third-order valence-electron chi connectivity index (χ3n) is 6.37. The lowest BCUT2D eigenvalue weighted by Gasteiger charge is -2.35.